The predicted molar refractivity (Wildman–Crippen MR) is 74.4 cm³/mol. The molecular weight excluding hydrogens is 262 g/mol. The number of hydrogen-bond donors (Lipinski definition) is 1. The lowest BCUT2D eigenvalue weighted by atomic mass is 10.00. The second kappa shape index (κ2) is 6.61. The predicted octanol–water partition coefficient (Wildman–Crippen LogP) is 2.46. The van der Waals surface area contributed by atoms with Crippen LogP contribution in [0.5, 0.6) is 0 Å². The summed E-state index contributed by atoms with van der Waals surface area (Å²) >= 11 is 0. The highest BCUT2D eigenvalue weighted by molar-refractivity contribution is 5.22. The first-order valence-electron chi connectivity index (χ1n) is 7.08. The first-order valence-corrected chi connectivity index (χ1v) is 7.08. The zero-order valence-electron chi connectivity index (χ0n) is 12.0. The number of rotatable bonds is 4. The minimum atomic E-state index is -0.562. The first-order chi connectivity index (χ1) is 9.55. The molecule has 0 saturated carbocycles. The monoisotopic (exact) mass is 284 g/mol. The van der Waals surface area contributed by atoms with Crippen LogP contribution in [-0.4, -0.2) is 36.7 Å². The molecule has 20 heavy (non-hydrogen) atoms. The van der Waals surface area contributed by atoms with Crippen LogP contribution in [0.25, 0.3) is 0 Å². The number of hydrogen-bond acceptors (Lipinski definition) is 3. The molecular formula is C15H22F2N2O. The van der Waals surface area contributed by atoms with Gasteiger partial charge < -0.3 is 10.5 Å². The van der Waals surface area contributed by atoms with Crippen LogP contribution in [0.15, 0.2) is 18.2 Å². The zero-order valence-corrected chi connectivity index (χ0v) is 12.0. The third-order valence-corrected chi connectivity index (χ3v) is 3.87. The van der Waals surface area contributed by atoms with E-state index in [1.54, 1.807) is 0 Å². The van der Waals surface area contributed by atoms with Crippen molar-refractivity contribution in [1.82, 2.24) is 4.90 Å². The Bertz CT molecular complexity index is 435. The maximum Gasteiger partial charge on any atom is 0.126 e. The number of benzene rings is 1. The van der Waals surface area contributed by atoms with Gasteiger partial charge >= 0.3 is 0 Å². The highest BCUT2D eigenvalue weighted by atomic mass is 19.1. The SMILES string of the molecule is CCC1COC(C)CN1C(CN)c1cc(F)cc(F)c1. The third-order valence-electron chi connectivity index (χ3n) is 3.87. The van der Waals surface area contributed by atoms with Crippen molar-refractivity contribution >= 4 is 0 Å². The van der Waals surface area contributed by atoms with Crippen LogP contribution in [0.3, 0.4) is 0 Å². The molecule has 2 N–H and O–H groups in total. The van der Waals surface area contributed by atoms with Gasteiger partial charge in [-0.15, -0.1) is 0 Å². The quantitative estimate of drug-likeness (QED) is 0.923. The average Bonchev–Trinajstić information content (AvgIpc) is 2.39. The van der Waals surface area contributed by atoms with E-state index < -0.39 is 11.6 Å². The van der Waals surface area contributed by atoms with Gasteiger partial charge in [-0.3, -0.25) is 4.90 Å². The second-order valence-corrected chi connectivity index (χ2v) is 5.36. The van der Waals surface area contributed by atoms with E-state index in [0.717, 1.165) is 19.0 Å². The summed E-state index contributed by atoms with van der Waals surface area (Å²) in [6, 6.07) is 3.67. The molecule has 0 amide bonds. The molecule has 1 aromatic rings. The molecule has 0 bridgehead atoms. The van der Waals surface area contributed by atoms with Gasteiger partial charge in [0.25, 0.3) is 0 Å². The van der Waals surface area contributed by atoms with Gasteiger partial charge in [-0.1, -0.05) is 6.92 Å². The first kappa shape index (κ1) is 15.4. The molecule has 2 rings (SSSR count). The molecule has 3 nitrogen and oxygen atoms in total. The van der Waals surface area contributed by atoms with Gasteiger partial charge in [0.1, 0.15) is 11.6 Å². The Morgan fingerprint density at radius 3 is 2.55 bits per heavy atom. The number of nitrogens with two attached hydrogens (primary N) is 1. The third kappa shape index (κ3) is 3.34. The molecule has 0 radical (unpaired) electrons. The Morgan fingerprint density at radius 2 is 2.00 bits per heavy atom. The van der Waals surface area contributed by atoms with Gasteiger partial charge in [0.15, 0.2) is 0 Å². The highest BCUT2D eigenvalue weighted by Crippen LogP contribution is 2.28. The molecule has 1 aliphatic rings. The van der Waals surface area contributed by atoms with Crippen LogP contribution < -0.4 is 5.73 Å². The summed E-state index contributed by atoms with van der Waals surface area (Å²) in [5.74, 6) is -1.12. The number of ether oxygens (including phenoxy) is 1. The van der Waals surface area contributed by atoms with Gasteiger partial charge in [0.05, 0.1) is 12.7 Å². The van der Waals surface area contributed by atoms with Crippen molar-refractivity contribution in [2.24, 2.45) is 5.73 Å². The van der Waals surface area contributed by atoms with Crippen molar-refractivity contribution < 1.29 is 13.5 Å². The van der Waals surface area contributed by atoms with Gasteiger partial charge in [0, 0.05) is 31.2 Å². The van der Waals surface area contributed by atoms with E-state index >= 15 is 0 Å². The van der Waals surface area contributed by atoms with Crippen LogP contribution >= 0.6 is 0 Å². The maximum atomic E-state index is 13.4. The second-order valence-electron chi connectivity index (χ2n) is 5.36. The topological polar surface area (TPSA) is 38.5 Å². The maximum absolute atomic E-state index is 13.4. The van der Waals surface area contributed by atoms with E-state index in [4.69, 9.17) is 10.5 Å². The van der Waals surface area contributed by atoms with Crippen molar-refractivity contribution in [3.8, 4) is 0 Å². The molecule has 1 heterocycles. The van der Waals surface area contributed by atoms with E-state index in [-0.39, 0.29) is 18.2 Å². The summed E-state index contributed by atoms with van der Waals surface area (Å²) < 4.78 is 32.5. The van der Waals surface area contributed by atoms with E-state index in [1.807, 2.05) is 6.92 Å². The van der Waals surface area contributed by atoms with Crippen LogP contribution in [0, 0.1) is 11.6 Å². The molecule has 3 atom stereocenters. The summed E-state index contributed by atoms with van der Waals surface area (Å²) in [7, 11) is 0. The average molecular weight is 284 g/mol. The summed E-state index contributed by atoms with van der Waals surface area (Å²) in [4.78, 5) is 2.21. The van der Waals surface area contributed by atoms with Gasteiger partial charge in [-0.05, 0) is 31.0 Å². The Labute approximate surface area is 118 Å². The molecule has 0 spiro atoms. The lowest BCUT2D eigenvalue weighted by molar-refractivity contribution is -0.0719. The number of nitrogens with zero attached hydrogens (tertiary/aromatic N) is 1. The van der Waals surface area contributed by atoms with Crippen molar-refractivity contribution in [3.05, 3.63) is 35.4 Å². The Balaban J connectivity index is 2.29. The Kier molecular flexibility index (Phi) is 5.07. The molecule has 1 saturated heterocycles. The normalized spacial score (nSPS) is 25.6. The summed E-state index contributed by atoms with van der Waals surface area (Å²) in [5, 5.41) is 0. The lowest BCUT2D eigenvalue weighted by Gasteiger charge is -2.43. The van der Waals surface area contributed by atoms with Crippen molar-refractivity contribution in [2.75, 3.05) is 19.7 Å². The summed E-state index contributed by atoms with van der Waals surface area (Å²) in [6.45, 7) is 5.76. The van der Waals surface area contributed by atoms with E-state index in [0.29, 0.717) is 18.7 Å². The standard InChI is InChI=1S/C15H22F2N2O/c1-3-14-9-20-10(2)8-19(14)15(7-18)11-4-12(16)6-13(17)5-11/h4-6,10,14-15H,3,7-9,18H2,1-2H3. The lowest BCUT2D eigenvalue weighted by Crippen LogP contribution is -2.51. The Hall–Kier alpha value is -1.04. The molecule has 1 aliphatic heterocycles. The summed E-state index contributed by atoms with van der Waals surface area (Å²) in [5.41, 5.74) is 6.47. The Morgan fingerprint density at radius 1 is 1.35 bits per heavy atom. The molecule has 0 aromatic heterocycles. The van der Waals surface area contributed by atoms with E-state index in [1.165, 1.54) is 12.1 Å². The molecule has 1 fully saturated rings. The molecule has 0 aliphatic carbocycles. The van der Waals surface area contributed by atoms with Crippen LogP contribution in [-0.2, 0) is 4.74 Å². The van der Waals surface area contributed by atoms with Gasteiger partial charge in [-0.25, -0.2) is 8.78 Å². The van der Waals surface area contributed by atoms with E-state index in [2.05, 4.69) is 11.8 Å². The van der Waals surface area contributed by atoms with E-state index in [9.17, 15) is 8.78 Å². The van der Waals surface area contributed by atoms with Crippen molar-refractivity contribution in [3.63, 3.8) is 0 Å². The van der Waals surface area contributed by atoms with Gasteiger partial charge in [0.2, 0.25) is 0 Å². The largest absolute Gasteiger partial charge is 0.376 e. The fraction of sp³-hybridized carbons (Fsp3) is 0.600. The molecule has 3 unspecified atom stereocenters. The highest BCUT2D eigenvalue weighted by Gasteiger charge is 2.31. The van der Waals surface area contributed by atoms with Crippen molar-refractivity contribution in [1.29, 1.82) is 0 Å². The molecule has 1 aromatic carbocycles. The molecule has 112 valence electrons. The fourth-order valence-electron chi connectivity index (χ4n) is 2.83. The summed E-state index contributed by atoms with van der Waals surface area (Å²) in [6.07, 6.45) is 1.02. The number of morpholine rings is 1. The minimum absolute atomic E-state index is 0.102. The van der Waals surface area contributed by atoms with Gasteiger partial charge in [-0.2, -0.15) is 0 Å². The van der Waals surface area contributed by atoms with Crippen molar-refractivity contribution in [2.45, 2.75) is 38.5 Å². The van der Waals surface area contributed by atoms with Crippen LogP contribution in [0.4, 0.5) is 8.78 Å². The van der Waals surface area contributed by atoms with Crippen LogP contribution in [0.1, 0.15) is 31.9 Å². The minimum Gasteiger partial charge on any atom is -0.376 e. The number of halogens is 2. The molecule has 5 heteroatoms. The smallest absolute Gasteiger partial charge is 0.126 e. The zero-order chi connectivity index (χ0) is 14.7. The van der Waals surface area contributed by atoms with Crippen LogP contribution in [0.2, 0.25) is 0 Å². The fourth-order valence-corrected chi connectivity index (χ4v) is 2.83.